The van der Waals surface area contributed by atoms with Gasteiger partial charge in [0, 0.05) is 13.0 Å². The molecule has 0 saturated carbocycles. The Kier molecular flexibility index (Phi) is 3.57. The molecule has 0 saturated heterocycles. The van der Waals surface area contributed by atoms with Gasteiger partial charge in [-0.15, -0.1) is 0 Å². The van der Waals surface area contributed by atoms with Crippen molar-refractivity contribution in [3.63, 3.8) is 0 Å². The molecule has 12 heavy (non-hydrogen) atoms. The van der Waals surface area contributed by atoms with Crippen LogP contribution in [0.5, 0.6) is 5.75 Å². The van der Waals surface area contributed by atoms with Gasteiger partial charge in [0.1, 0.15) is 5.75 Å². The molecule has 0 amide bonds. The molecule has 0 radical (unpaired) electrons. The third-order valence-electron chi connectivity index (χ3n) is 1.39. The summed E-state index contributed by atoms with van der Waals surface area (Å²) in [5.41, 5.74) is 0. The van der Waals surface area contributed by atoms with E-state index in [9.17, 15) is 0 Å². The number of aliphatic hydroxyl groups excluding tert-OH is 2. The average Bonchev–Trinajstić information content (AvgIpc) is 2.06. The van der Waals surface area contributed by atoms with Crippen LogP contribution in [0.4, 0.5) is 0 Å². The summed E-state index contributed by atoms with van der Waals surface area (Å²) in [4.78, 5) is 0. The average molecular weight is 168 g/mol. The minimum atomic E-state index is -0.919. The molecular formula is C9H12O3. The monoisotopic (exact) mass is 168 g/mol. The lowest BCUT2D eigenvalue weighted by atomic mass is 10.3. The first kappa shape index (κ1) is 9.03. The van der Waals surface area contributed by atoms with E-state index in [0.717, 1.165) is 0 Å². The zero-order valence-corrected chi connectivity index (χ0v) is 6.68. The van der Waals surface area contributed by atoms with Crippen molar-refractivity contribution in [3.8, 4) is 5.75 Å². The van der Waals surface area contributed by atoms with Crippen molar-refractivity contribution in [1.29, 1.82) is 0 Å². The van der Waals surface area contributed by atoms with Gasteiger partial charge >= 0.3 is 0 Å². The van der Waals surface area contributed by atoms with Crippen LogP contribution in [0, 0.1) is 0 Å². The van der Waals surface area contributed by atoms with Crippen molar-refractivity contribution >= 4 is 0 Å². The van der Waals surface area contributed by atoms with Crippen LogP contribution in [0.2, 0.25) is 0 Å². The first-order valence-electron chi connectivity index (χ1n) is 3.83. The normalized spacial score (nSPS) is 12.5. The molecule has 3 nitrogen and oxygen atoms in total. The molecule has 1 aromatic rings. The number of ether oxygens (including phenoxy) is 1. The summed E-state index contributed by atoms with van der Waals surface area (Å²) >= 11 is 0. The number of hydrogen-bond acceptors (Lipinski definition) is 3. The third kappa shape index (κ3) is 2.90. The minimum Gasteiger partial charge on any atom is -0.465 e. The third-order valence-corrected chi connectivity index (χ3v) is 1.39. The fourth-order valence-corrected chi connectivity index (χ4v) is 0.826. The zero-order valence-electron chi connectivity index (χ0n) is 6.68. The van der Waals surface area contributed by atoms with Crippen molar-refractivity contribution in [2.24, 2.45) is 0 Å². The smallest absolute Gasteiger partial charge is 0.199 e. The van der Waals surface area contributed by atoms with Crippen LogP contribution in [0.3, 0.4) is 0 Å². The van der Waals surface area contributed by atoms with Crippen LogP contribution in [-0.2, 0) is 0 Å². The molecule has 0 aliphatic rings. The van der Waals surface area contributed by atoms with Crippen LogP contribution < -0.4 is 4.74 Å². The molecule has 0 aliphatic heterocycles. The number of benzene rings is 1. The van der Waals surface area contributed by atoms with Gasteiger partial charge in [-0.2, -0.15) is 0 Å². The second-order valence-corrected chi connectivity index (χ2v) is 2.40. The van der Waals surface area contributed by atoms with E-state index < -0.39 is 6.29 Å². The summed E-state index contributed by atoms with van der Waals surface area (Å²) in [6.07, 6.45) is -0.688. The van der Waals surface area contributed by atoms with Gasteiger partial charge in [-0.05, 0) is 12.1 Å². The Balaban J connectivity index is 2.41. The lowest BCUT2D eigenvalue weighted by Crippen LogP contribution is -2.16. The Bertz CT molecular complexity index is 210. The first-order valence-corrected chi connectivity index (χ1v) is 3.83. The van der Waals surface area contributed by atoms with Crippen molar-refractivity contribution in [3.05, 3.63) is 30.3 Å². The molecule has 0 aromatic heterocycles. The molecule has 1 rings (SSSR count). The molecule has 1 aromatic carbocycles. The van der Waals surface area contributed by atoms with E-state index in [0.29, 0.717) is 5.75 Å². The molecule has 0 bridgehead atoms. The van der Waals surface area contributed by atoms with Crippen molar-refractivity contribution in [1.82, 2.24) is 0 Å². The van der Waals surface area contributed by atoms with Gasteiger partial charge in [-0.3, -0.25) is 0 Å². The van der Waals surface area contributed by atoms with E-state index in [2.05, 4.69) is 0 Å². The van der Waals surface area contributed by atoms with Gasteiger partial charge in [0.2, 0.25) is 0 Å². The second kappa shape index (κ2) is 4.74. The van der Waals surface area contributed by atoms with E-state index in [1.54, 1.807) is 12.1 Å². The minimum absolute atomic E-state index is 0.0754. The maximum Gasteiger partial charge on any atom is 0.199 e. The van der Waals surface area contributed by atoms with Crippen LogP contribution in [0.25, 0.3) is 0 Å². The summed E-state index contributed by atoms with van der Waals surface area (Å²) in [7, 11) is 0. The molecule has 2 N–H and O–H groups in total. The molecule has 3 heteroatoms. The maximum absolute atomic E-state index is 9.12. The van der Waals surface area contributed by atoms with Gasteiger partial charge in [-0.25, -0.2) is 0 Å². The zero-order chi connectivity index (χ0) is 8.81. The molecule has 0 spiro atoms. The SMILES string of the molecule is OCCC(O)Oc1ccccc1. The van der Waals surface area contributed by atoms with Gasteiger partial charge in [0.05, 0.1) is 0 Å². The number of aliphatic hydroxyl groups is 2. The van der Waals surface area contributed by atoms with Crippen LogP contribution >= 0.6 is 0 Å². The predicted octanol–water partition coefficient (Wildman–Crippen LogP) is 0.766. The van der Waals surface area contributed by atoms with Gasteiger partial charge in [-0.1, -0.05) is 18.2 Å². The highest BCUT2D eigenvalue weighted by Gasteiger charge is 2.02. The summed E-state index contributed by atoms with van der Waals surface area (Å²) < 4.78 is 5.05. The topological polar surface area (TPSA) is 49.7 Å². The Labute approximate surface area is 71.2 Å². The van der Waals surface area contributed by atoms with Gasteiger partial charge < -0.3 is 14.9 Å². The lowest BCUT2D eigenvalue weighted by molar-refractivity contribution is -0.0327. The highest BCUT2D eigenvalue weighted by atomic mass is 16.6. The Morgan fingerprint density at radius 1 is 1.25 bits per heavy atom. The highest BCUT2D eigenvalue weighted by Crippen LogP contribution is 2.10. The van der Waals surface area contributed by atoms with Gasteiger partial charge in [0.25, 0.3) is 0 Å². The summed E-state index contributed by atoms with van der Waals surface area (Å²) in [6.45, 7) is -0.0754. The van der Waals surface area contributed by atoms with Crippen molar-refractivity contribution in [2.75, 3.05) is 6.61 Å². The van der Waals surface area contributed by atoms with E-state index >= 15 is 0 Å². The van der Waals surface area contributed by atoms with Crippen LogP contribution in [0.1, 0.15) is 6.42 Å². The molecule has 0 heterocycles. The Hall–Kier alpha value is -1.06. The quantitative estimate of drug-likeness (QED) is 0.653. The molecule has 1 unspecified atom stereocenters. The molecule has 0 fully saturated rings. The van der Waals surface area contributed by atoms with E-state index in [4.69, 9.17) is 14.9 Å². The van der Waals surface area contributed by atoms with Crippen LogP contribution in [-0.4, -0.2) is 23.1 Å². The van der Waals surface area contributed by atoms with Crippen molar-refractivity contribution in [2.45, 2.75) is 12.7 Å². The fourth-order valence-electron chi connectivity index (χ4n) is 0.826. The highest BCUT2D eigenvalue weighted by molar-refractivity contribution is 5.20. The molecule has 66 valence electrons. The van der Waals surface area contributed by atoms with E-state index in [-0.39, 0.29) is 13.0 Å². The predicted molar refractivity (Wildman–Crippen MR) is 44.8 cm³/mol. The largest absolute Gasteiger partial charge is 0.465 e. The first-order chi connectivity index (χ1) is 5.83. The molecule has 0 aliphatic carbocycles. The maximum atomic E-state index is 9.12. The molecular weight excluding hydrogens is 156 g/mol. The van der Waals surface area contributed by atoms with E-state index in [1.165, 1.54) is 0 Å². The second-order valence-electron chi connectivity index (χ2n) is 2.40. The summed E-state index contributed by atoms with van der Waals surface area (Å²) in [5.74, 6) is 0.610. The fraction of sp³-hybridized carbons (Fsp3) is 0.333. The van der Waals surface area contributed by atoms with E-state index in [1.807, 2.05) is 18.2 Å². The molecule has 1 atom stereocenters. The number of rotatable bonds is 4. The number of para-hydroxylation sites is 1. The summed E-state index contributed by atoms with van der Waals surface area (Å²) in [5, 5.41) is 17.6. The Morgan fingerprint density at radius 3 is 2.50 bits per heavy atom. The van der Waals surface area contributed by atoms with Crippen molar-refractivity contribution < 1.29 is 14.9 Å². The lowest BCUT2D eigenvalue weighted by Gasteiger charge is -2.11. The van der Waals surface area contributed by atoms with Crippen LogP contribution in [0.15, 0.2) is 30.3 Å². The standard InChI is InChI=1S/C9H12O3/c10-7-6-9(11)12-8-4-2-1-3-5-8/h1-5,9-11H,6-7H2. The number of hydrogen-bond donors (Lipinski definition) is 2. The van der Waals surface area contributed by atoms with Gasteiger partial charge in [0.15, 0.2) is 6.29 Å². The Morgan fingerprint density at radius 2 is 1.92 bits per heavy atom. The summed E-state index contributed by atoms with van der Waals surface area (Å²) in [6, 6.07) is 9.01.